The number of amides is 1. The van der Waals surface area contributed by atoms with Gasteiger partial charge in [0.15, 0.2) is 0 Å². The molecule has 1 fully saturated rings. The number of likely N-dealkylation sites (N-methyl/N-ethyl adjacent to an activating group) is 1. The molecule has 0 bridgehead atoms. The van der Waals surface area contributed by atoms with Crippen LogP contribution >= 0.6 is 24.0 Å². The van der Waals surface area contributed by atoms with Crippen molar-refractivity contribution in [3.05, 3.63) is 34.6 Å². The summed E-state index contributed by atoms with van der Waals surface area (Å²) >= 11 is 5.87. The number of carbonyl (C=O) groups excluding carboxylic acids is 1. The summed E-state index contributed by atoms with van der Waals surface area (Å²) in [5, 5.41) is 2.68. The lowest BCUT2D eigenvalue weighted by Gasteiger charge is -2.22. The molecule has 1 unspecified atom stereocenters. The Morgan fingerprint density at radius 1 is 1.52 bits per heavy atom. The number of hydrogen-bond acceptors (Lipinski definition) is 2. The summed E-state index contributed by atoms with van der Waals surface area (Å²) in [7, 11) is 1.43. The third kappa shape index (κ3) is 4.25. The second-order valence-corrected chi connectivity index (χ2v) is 5.30. The third-order valence-electron chi connectivity index (χ3n) is 3.24. The van der Waals surface area contributed by atoms with E-state index >= 15 is 0 Å². The second-order valence-electron chi connectivity index (χ2n) is 4.89. The normalized spacial score (nSPS) is 20.0. The topological polar surface area (TPSA) is 32.3 Å². The molecule has 1 heterocycles. The van der Waals surface area contributed by atoms with E-state index in [1.807, 2.05) is 0 Å². The lowest BCUT2D eigenvalue weighted by Crippen LogP contribution is -2.41. The largest absolute Gasteiger partial charge is 0.340 e. The van der Waals surface area contributed by atoms with Crippen LogP contribution in [0.2, 0.25) is 5.02 Å². The average Bonchev–Trinajstić information content (AvgIpc) is 2.73. The fraction of sp³-hybridized carbons (Fsp3) is 0.462. The van der Waals surface area contributed by atoms with Crippen molar-refractivity contribution in [3.8, 4) is 0 Å². The number of nitrogens with zero attached hydrogens (tertiary/aromatic N) is 1. The van der Waals surface area contributed by atoms with E-state index in [0.29, 0.717) is 0 Å². The Hall–Kier alpha value is -0.980. The van der Waals surface area contributed by atoms with Crippen molar-refractivity contribution >= 4 is 29.9 Å². The van der Waals surface area contributed by atoms with Crippen LogP contribution in [-0.2, 0) is 11.3 Å². The highest BCUT2D eigenvalue weighted by Gasteiger charge is 2.43. The van der Waals surface area contributed by atoms with Gasteiger partial charge in [-0.2, -0.15) is 0 Å². The van der Waals surface area contributed by atoms with Crippen LogP contribution in [0.1, 0.15) is 12.0 Å². The van der Waals surface area contributed by atoms with Gasteiger partial charge in [0.25, 0.3) is 5.92 Å². The van der Waals surface area contributed by atoms with Gasteiger partial charge in [0.2, 0.25) is 5.91 Å². The molecule has 118 valence electrons. The maximum atomic E-state index is 13.6. The van der Waals surface area contributed by atoms with Crippen molar-refractivity contribution in [2.75, 3.05) is 13.6 Å². The van der Waals surface area contributed by atoms with Crippen LogP contribution in [0.3, 0.4) is 0 Å². The second kappa shape index (κ2) is 6.85. The molecule has 3 nitrogen and oxygen atoms in total. The Labute approximate surface area is 131 Å². The summed E-state index contributed by atoms with van der Waals surface area (Å²) in [6.07, 6.45) is -0.540. The van der Waals surface area contributed by atoms with E-state index in [1.54, 1.807) is 0 Å². The molecular weight excluding hydrogens is 328 g/mol. The van der Waals surface area contributed by atoms with Crippen LogP contribution in [-0.4, -0.2) is 36.4 Å². The summed E-state index contributed by atoms with van der Waals surface area (Å²) in [4.78, 5) is 13.2. The smallest absolute Gasteiger partial charge is 0.262 e. The first-order valence-corrected chi connectivity index (χ1v) is 6.47. The van der Waals surface area contributed by atoms with Gasteiger partial charge in [0.05, 0.1) is 12.6 Å². The molecule has 1 amide bonds. The van der Waals surface area contributed by atoms with E-state index in [0.717, 1.165) is 0 Å². The molecule has 1 N–H and O–H groups in total. The minimum Gasteiger partial charge on any atom is -0.340 e. The zero-order valence-electron chi connectivity index (χ0n) is 11.2. The summed E-state index contributed by atoms with van der Waals surface area (Å²) in [5.74, 6) is -3.90. The standard InChI is InChI=1S/C13H14ClF3N2O.ClH/c1-19(6-8-9(14)3-2-4-10(8)15)12(20)11-5-13(16,17)7-18-11;/h2-4,11,18H,5-7H2,1H3;1H. The summed E-state index contributed by atoms with van der Waals surface area (Å²) in [5.41, 5.74) is 0.176. The first-order valence-electron chi connectivity index (χ1n) is 6.09. The van der Waals surface area contributed by atoms with Crippen LogP contribution < -0.4 is 5.32 Å². The molecule has 1 aliphatic rings. The molecule has 0 radical (unpaired) electrons. The maximum Gasteiger partial charge on any atom is 0.262 e. The molecule has 0 spiro atoms. The number of rotatable bonds is 3. The lowest BCUT2D eigenvalue weighted by atomic mass is 10.1. The molecule has 0 aromatic heterocycles. The molecular formula is C13H15Cl2F3N2O. The molecule has 0 saturated carbocycles. The van der Waals surface area contributed by atoms with Crippen LogP contribution in [0.5, 0.6) is 0 Å². The zero-order chi connectivity index (χ0) is 14.9. The van der Waals surface area contributed by atoms with Gasteiger partial charge in [-0.15, -0.1) is 12.4 Å². The number of benzene rings is 1. The zero-order valence-corrected chi connectivity index (χ0v) is 12.8. The van der Waals surface area contributed by atoms with Crippen LogP contribution in [0, 0.1) is 5.82 Å². The molecule has 1 aromatic rings. The summed E-state index contributed by atoms with van der Waals surface area (Å²) in [6, 6.07) is 3.27. The number of nitrogens with one attached hydrogen (secondary N) is 1. The van der Waals surface area contributed by atoms with Gasteiger partial charge < -0.3 is 4.90 Å². The number of hydrogen-bond donors (Lipinski definition) is 1. The van der Waals surface area contributed by atoms with E-state index in [4.69, 9.17) is 11.6 Å². The van der Waals surface area contributed by atoms with Gasteiger partial charge in [-0.1, -0.05) is 17.7 Å². The first kappa shape index (κ1) is 18.1. The minimum atomic E-state index is -2.88. The Kier molecular flexibility index (Phi) is 5.90. The molecule has 1 atom stereocenters. The molecule has 1 aliphatic heterocycles. The van der Waals surface area contributed by atoms with Gasteiger partial charge in [-0.05, 0) is 12.1 Å². The van der Waals surface area contributed by atoms with Crippen molar-refractivity contribution in [3.63, 3.8) is 0 Å². The van der Waals surface area contributed by atoms with Crippen LogP contribution in [0.25, 0.3) is 0 Å². The van der Waals surface area contributed by atoms with Gasteiger partial charge >= 0.3 is 0 Å². The van der Waals surface area contributed by atoms with Crippen molar-refractivity contribution in [2.45, 2.75) is 24.9 Å². The average molecular weight is 343 g/mol. The first-order chi connectivity index (χ1) is 9.30. The molecule has 2 rings (SSSR count). The van der Waals surface area contributed by atoms with Crippen molar-refractivity contribution in [2.24, 2.45) is 0 Å². The van der Waals surface area contributed by atoms with Crippen molar-refractivity contribution in [1.29, 1.82) is 0 Å². The van der Waals surface area contributed by atoms with E-state index < -0.39 is 36.7 Å². The minimum absolute atomic E-state index is 0. The predicted molar refractivity (Wildman–Crippen MR) is 76.5 cm³/mol. The van der Waals surface area contributed by atoms with E-state index in [2.05, 4.69) is 5.32 Å². The SMILES string of the molecule is CN(Cc1c(F)cccc1Cl)C(=O)C1CC(F)(F)CN1.Cl. The van der Waals surface area contributed by atoms with Gasteiger partial charge in [0, 0.05) is 30.6 Å². The van der Waals surface area contributed by atoms with E-state index in [9.17, 15) is 18.0 Å². The van der Waals surface area contributed by atoms with Crippen LogP contribution in [0.4, 0.5) is 13.2 Å². The number of halogens is 5. The molecule has 1 aromatic carbocycles. The Morgan fingerprint density at radius 3 is 2.71 bits per heavy atom. The monoisotopic (exact) mass is 342 g/mol. The maximum absolute atomic E-state index is 13.6. The lowest BCUT2D eigenvalue weighted by molar-refractivity contribution is -0.132. The van der Waals surface area contributed by atoms with Crippen LogP contribution in [0.15, 0.2) is 18.2 Å². The Morgan fingerprint density at radius 2 is 2.19 bits per heavy atom. The Bertz CT molecular complexity index is 508. The Balaban J connectivity index is 0.00000220. The fourth-order valence-electron chi connectivity index (χ4n) is 2.15. The third-order valence-corrected chi connectivity index (χ3v) is 3.60. The molecule has 0 aliphatic carbocycles. The highest BCUT2D eigenvalue weighted by atomic mass is 35.5. The van der Waals surface area contributed by atoms with E-state index in [1.165, 1.54) is 30.1 Å². The van der Waals surface area contributed by atoms with Gasteiger partial charge in [-0.3, -0.25) is 10.1 Å². The highest BCUT2D eigenvalue weighted by molar-refractivity contribution is 6.31. The predicted octanol–water partition coefficient (Wildman–Crippen LogP) is 2.86. The quantitative estimate of drug-likeness (QED) is 0.915. The van der Waals surface area contributed by atoms with E-state index in [-0.39, 0.29) is 29.5 Å². The van der Waals surface area contributed by atoms with Crippen molar-refractivity contribution in [1.82, 2.24) is 10.2 Å². The highest BCUT2D eigenvalue weighted by Crippen LogP contribution is 2.27. The molecule has 1 saturated heterocycles. The van der Waals surface area contributed by atoms with Gasteiger partial charge in [0.1, 0.15) is 5.82 Å². The fourth-order valence-corrected chi connectivity index (χ4v) is 2.38. The molecule has 21 heavy (non-hydrogen) atoms. The van der Waals surface area contributed by atoms with Gasteiger partial charge in [-0.25, -0.2) is 13.2 Å². The molecule has 8 heteroatoms. The number of alkyl halides is 2. The number of carbonyl (C=O) groups is 1. The van der Waals surface area contributed by atoms with Crippen molar-refractivity contribution < 1.29 is 18.0 Å². The summed E-state index contributed by atoms with van der Waals surface area (Å²) < 4.78 is 39.7. The summed E-state index contributed by atoms with van der Waals surface area (Å²) in [6.45, 7) is -0.578.